The van der Waals surface area contributed by atoms with Crippen molar-refractivity contribution in [3.05, 3.63) is 53.5 Å². The summed E-state index contributed by atoms with van der Waals surface area (Å²) in [6, 6.07) is 10.3. The van der Waals surface area contributed by atoms with Crippen LogP contribution in [0.1, 0.15) is 35.0 Å². The van der Waals surface area contributed by atoms with Crippen LogP contribution < -0.4 is 5.32 Å². The van der Waals surface area contributed by atoms with Gasteiger partial charge in [0, 0.05) is 58.3 Å². The molecule has 5 rings (SSSR count). The molecule has 174 valence electrons. The van der Waals surface area contributed by atoms with E-state index in [2.05, 4.69) is 44.5 Å². The minimum absolute atomic E-state index is 0.0490. The Labute approximate surface area is 193 Å². The molecule has 0 radical (unpaired) electrons. The second-order valence-corrected chi connectivity index (χ2v) is 9.22. The summed E-state index contributed by atoms with van der Waals surface area (Å²) in [4.78, 5) is 38.6. The smallest absolute Gasteiger partial charge is 0.272 e. The maximum absolute atomic E-state index is 13.1. The monoisotopic (exact) mass is 450 g/mol. The number of nitrogens with zero attached hydrogens (tertiary/aromatic N) is 5. The fourth-order valence-electron chi connectivity index (χ4n) is 5.08. The Bertz CT molecular complexity index is 1040. The van der Waals surface area contributed by atoms with Gasteiger partial charge in [-0.1, -0.05) is 24.3 Å². The number of likely N-dealkylation sites (tertiary alicyclic amines) is 2. The SMILES string of the molecule is CC(=O)N1CC(Nc2cc(C(=O)N3CC[C@H](N4CCc5ccccc5C4)[C@@H](O)C3)ncn2)C1. The maximum Gasteiger partial charge on any atom is 0.272 e. The lowest BCUT2D eigenvalue weighted by molar-refractivity contribution is -0.132. The highest BCUT2D eigenvalue weighted by Crippen LogP contribution is 2.26. The van der Waals surface area contributed by atoms with Crippen LogP contribution >= 0.6 is 0 Å². The Morgan fingerprint density at radius 3 is 2.61 bits per heavy atom. The zero-order chi connectivity index (χ0) is 22.9. The number of carbonyl (C=O) groups is 2. The predicted molar refractivity (Wildman–Crippen MR) is 123 cm³/mol. The van der Waals surface area contributed by atoms with Gasteiger partial charge in [-0.15, -0.1) is 0 Å². The van der Waals surface area contributed by atoms with E-state index in [1.807, 2.05) is 0 Å². The lowest BCUT2D eigenvalue weighted by Crippen LogP contribution is -2.56. The summed E-state index contributed by atoms with van der Waals surface area (Å²) in [5.41, 5.74) is 3.03. The summed E-state index contributed by atoms with van der Waals surface area (Å²) in [6.45, 7) is 5.46. The molecule has 2 N–H and O–H groups in total. The average molecular weight is 451 g/mol. The summed E-state index contributed by atoms with van der Waals surface area (Å²) in [6.07, 6.45) is 2.50. The summed E-state index contributed by atoms with van der Waals surface area (Å²) in [5.74, 6) is 0.437. The molecular formula is C24H30N6O3. The van der Waals surface area contributed by atoms with E-state index in [-0.39, 0.29) is 23.9 Å². The highest BCUT2D eigenvalue weighted by molar-refractivity contribution is 5.93. The van der Waals surface area contributed by atoms with Gasteiger partial charge in [-0.2, -0.15) is 0 Å². The number of β-amino-alcohol motifs (C(OH)–C–C–N with tert-alkyl or cyclic N) is 1. The fourth-order valence-corrected chi connectivity index (χ4v) is 5.08. The van der Waals surface area contributed by atoms with E-state index in [1.54, 1.807) is 22.8 Å². The Hall–Kier alpha value is -3.04. The number of aliphatic hydroxyl groups is 1. The topological polar surface area (TPSA) is 102 Å². The van der Waals surface area contributed by atoms with Crippen LogP contribution in [0, 0.1) is 0 Å². The summed E-state index contributed by atoms with van der Waals surface area (Å²) in [7, 11) is 0. The van der Waals surface area contributed by atoms with Crippen LogP contribution in [0.5, 0.6) is 0 Å². The van der Waals surface area contributed by atoms with E-state index < -0.39 is 6.10 Å². The van der Waals surface area contributed by atoms with Crippen LogP contribution in [0.25, 0.3) is 0 Å². The molecule has 0 saturated carbocycles. The van der Waals surface area contributed by atoms with Gasteiger partial charge in [0.05, 0.1) is 12.1 Å². The number of nitrogens with one attached hydrogen (secondary N) is 1. The third-order valence-electron chi connectivity index (χ3n) is 7.03. The van der Waals surface area contributed by atoms with Crippen molar-refractivity contribution >= 4 is 17.6 Å². The molecule has 9 heteroatoms. The number of hydrogen-bond donors (Lipinski definition) is 2. The number of rotatable bonds is 4. The Morgan fingerprint density at radius 2 is 1.85 bits per heavy atom. The Morgan fingerprint density at radius 1 is 1.06 bits per heavy atom. The molecule has 33 heavy (non-hydrogen) atoms. The van der Waals surface area contributed by atoms with Gasteiger partial charge in [-0.05, 0) is 24.0 Å². The average Bonchev–Trinajstić information content (AvgIpc) is 2.80. The largest absolute Gasteiger partial charge is 0.390 e. The van der Waals surface area contributed by atoms with Gasteiger partial charge in [0.25, 0.3) is 5.91 Å². The van der Waals surface area contributed by atoms with Crippen molar-refractivity contribution in [1.29, 1.82) is 0 Å². The summed E-state index contributed by atoms with van der Waals surface area (Å²) in [5, 5.41) is 14.2. The van der Waals surface area contributed by atoms with Crippen molar-refractivity contribution in [1.82, 2.24) is 24.7 Å². The van der Waals surface area contributed by atoms with Crippen molar-refractivity contribution in [2.75, 3.05) is 38.0 Å². The maximum atomic E-state index is 13.1. The number of hydrogen-bond acceptors (Lipinski definition) is 7. The standard InChI is InChI=1S/C24H30N6O3/c1-16(31)30-12-19(13-30)27-23-10-20(25-15-26-23)24(33)29-9-7-21(22(32)14-29)28-8-6-17-4-2-3-5-18(17)11-28/h2-5,10,15,19,21-22,32H,6-9,11-14H2,1H3,(H,25,26,27)/t21-,22-/m0/s1. The minimum atomic E-state index is -0.597. The number of amides is 2. The van der Waals surface area contributed by atoms with Gasteiger partial charge in [0.2, 0.25) is 5.91 Å². The number of fused-ring (bicyclic) bond motifs is 1. The molecule has 0 aliphatic carbocycles. The number of anilines is 1. The molecule has 1 aromatic carbocycles. The first-order valence-corrected chi connectivity index (χ1v) is 11.6. The van der Waals surface area contributed by atoms with E-state index in [9.17, 15) is 14.7 Å². The van der Waals surface area contributed by atoms with Gasteiger partial charge < -0.3 is 20.2 Å². The lowest BCUT2D eigenvalue weighted by Gasteiger charge is -2.43. The van der Waals surface area contributed by atoms with Crippen molar-refractivity contribution < 1.29 is 14.7 Å². The molecule has 2 atom stereocenters. The van der Waals surface area contributed by atoms with Crippen LogP contribution in [0.2, 0.25) is 0 Å². The molecule has 0 bridgehead atoms. The highest BCUT2D eigenvalue weighted by atomic mass is 16.3. The Kier molecular flexibility index (Phi) is 5.99. The molecule has 2 fully saturated rings. The highest BCUT2D eigenvalue weighted by Gasteiger charge is 2.36. The first-order valence-electron chi connectivity index (χ1n) is 11.6. The van der Waals surface area contributed by atoms with Crippen LogP contribution in [-0.2, 0) is 17.8 Å². The van der Waals surface area contributed by atoms with Gasteiger partial charge in [0.15, 0.2) is 0 Å². The van der Waals surface area contributed by atoms with Crippen molar-refractivity contribution in [3.63, 3.8) is 0 Å². The first-order chi connectivity index (χ1) is 16.0. The fraction of sp³-hybridized carbons (Fsp3) is 0.500. The normalized spacial score (nSPS) is 23.6. The lowest BCUT2D eigenvalue weighted by atomic mass is 9.94. The van der Waals surface area contributed by atoms with E-state index in [1.165, 1.54) is 17.5 Å². The summed E-state index contributed by atoms with van der Waals surface area (Å²) < 4.78 is 0. The van der Waals surface area contributed by atoms with Crippen LogP contribution in [-0.4, -0.2) is 92.5 Å². The number of piperidine rings is 1. The number of aromatic nitrogens is 2. The van der Waals surface area contributed by atoms with E-state index in [4.69, 9.17) is 0 Å². The number of carbonyl (C=O) groups excluding carboxylic acids is 2. The van der Waals surface area contributed by atoms with Crippen LogP contribution in [0.4, 0.5) is 5.82 Å². The van der Waals surface area contributed by atoms with Crippen LogP contribution in [0.3, 0.4) is 0 Å². The second kappa shape index (κ2) is 9.07. The van der Waals surface area contributed by atoms with Gasteiger partial charge >= 0.3 is 0 Å². The van der Waals surface area contributed by atoms with Gasteiger partial charge in [-0.3, -0.25) is 14.5 Å². The van der Waals surface area contributed by atoms with E-state index in [0.717, 1.165) is 25.9 Å². The molecule has 2 saturated heterocycles. The van der Waals surface area contributed by atoms with Gasteiger partial charge in [-0.25, -0.2) is 9.97 Å². The third-order valence-corrected chi connectivity index (χ3v) is 7.03. The van der Waals surface area contributed by atoms with Gasteiger partial charge in [0.1, 0.15) is 17.8 Å². The Balaban J connectivity index is 1.18. The summed E-state index contributed by atoms with van der Waals surface area (Å²) >= 11 is 0. The second-order valence-electron chi connectivity index (χ2n) is 9.22. The first kappa shape index (κ1) is 21.8. The van der Waals surface area contributed by atoms with Crippen molar-refractivity contribution in [2.45, 2.75) is 44.5 Å². The molecule has 3 aliphatic rings. The molecule has 2 amide bonds. The van der Waals surface area contributed by atoms with E-state index in [0.29, 0.717) is 37.7 Å². The molecule has 0 spiro atoms. The number of aliphatic hydroxyl groups excluding tert-OH is 1. The van der Waals surface area contributed by atoms with Crippen LogP contribution in [0.15, 0.2) is 36.7 Å². The molecule has 1 aromatic heterocycles. The number of benzene rings is 1. The van der Waals surface area contributed by atoms with Crippen molar-refractivity contribution in [3.8, 4) is 0 Å². The third kappa shape index (κ3) is 4.56. The molecule has 9 nitrogen and oxygen atoms in total. The van der Waals surface area contributed by atoms with Crippen molar-refractivity contribution in [2.24, 2.45) is 0 Å². The minimum Gasteiger partial charge on any atom is -0.390 e. The zero-order valence-electron chi connectivity index (χ0n) is 18.9. The molecule has 3 aliphatic heterocycles. The van der Waals surface area contributed by atoms with E-state index >= 15 is 0 Å². The zero-order valence-corrected chi connectivity index (χ0v) is 18.9. The molecular weight excluding hydrogens is 420 g/mol. The molecule has 0 unspecified atom stereocenters. The predicted octanol–water partition coefficient (Wildman–Crippen LogP) is 0.753. The molecule has 2 aromatic rings. The molecule has 4 heterocycles. The quantitative estimate of drug-likeness (QED) is 0.709.